The number of aliphatic imine (C=N–C) groups is 2. The largest absolute Gasteiger partial charge is 0.373 e. The molecule has 0 aliphatic rings. The van der Waals surface area contributed by atoms with E-state index in [-0.39, 0.29) is 5.57 Å². The monoisotopic (exact) mass is 456 g/mol. The van der Waals surface area contributed by atoms with Crippen molar-refractivity contribution in [2.24, 2.45) is 9.98 Å². The summed E-state index contributed by atoms with van der Waals surface area (Å²) in [6, 6.07) is 12.7. The van der Waals surface area contributed by atoms with E-state index in [2.05, 4.69) is 28.7 Å². The van der Waals surface area contributed by atoms with E-state index in [9.17, 15) is 9.59 Å². The summed E-state index contributed by atoms with van der Waals surface area (Å²) in [6.07, 6.45) is 1.52. The lowest BCUT2D eigenvalue weighted by atomic mass is 10.2. The number of anilines is 1. The molecule has 0 unspecified atom stereocenters. The van der Waals surface area contributed by atoms with Crippen LogP contribution in [0.4, 0.5) is 11.4 Å². The Morgan fingerprint density at radius 2 is 1.87 bits per heavy atom. The minimum atomic E-state index is -0.695. The van der Waals surface area contributed by atoms with E-state index >= 15 is 0 Å². The van der Waals surface area contributed by atoms with Gasteiger partial charge in [-0.05, 0) is 62.0 Å². The van der Waals surface area contributed by atoms with Crippen LogP contribution in [0.5, 0.6) is 0 Å². The van der Waals surface area contributed by atoms with Gasteiger partial charge in [0.2, 0.25) is 0 Å². The Balaban J connectivity index is 2.27. The first-order valence-electron chi connectivity index (χ1n) is 9.68. The second-order valence-electron chi connectivity index (χ2n) is 6.42. The first kappa shape index (κ1) is 24.4. The number of nitrogens with zero attached hydrogens (tertiary/aromatic N) is 3. The second kappa shape index (κ2) is 12.1. The highest BCUT2D eigenvalue weighted by Gasteiger charge is 2.19. The lowest BCUT2D eigenvalue weighted by Crippen LogP contribution is -2.24. The minimum Gasteiger partial charge on any atom is -0.373 e. The molecule has 0 fully saturated rings. The van der Waals surface area contributed by atoms with Crippen LogP contribution in [0.1, 0.15) is 19.4 Å². The van der Waals surface area contributed by atoms with Crippen LogP contribution in [0, 0.1) is 0 Å². The zero-order valence-corrected chi connectivity index (χ0v) is 19.2. The maximum Gasteiger partial charge on any atom is 0.283 e. The molecule has 0 saturated carbocycles. The third kappa shape index (κ3) is 7.08. The molecule has 0 atom stereocenters. The summed E-state index contributed by atoms with van der Waals surface area (Å²) < 4.78 is 0. The summed E-state index contributed by atoms with van der Waals surface area (Å²) in [6.45, 7) is 11.9. The molecule has 0 aliphatic carbocycles. The SMILES string of the molecule is C=NC(=O)/C(=C\N(CC)Cc1ccc(Cl)cc1)C(=O)Nc1ccc(N=C)c(SCC)c1. The first-order valence-corrected chi connectivity index (χ1v) is 11.0. The maximum absolute atomic E-state index is 12.9. The maximum atomic E-state index is 12.9. The van der Waals surface area contributed by atoms with E-state index in [1.165, 1.54) is 6.20 Å². The molecule has 162 valence electrons. The molecule has 0 spiro atoms. The second-order valence-corrected chi connectivity index (χ2v) is 8.17. The molecule has 0 bridgehead atoms. The van der Waals surface area contributed by atoms with Gasteiger partial charge >= 0.3 is 0 Å². The number of carbonyl (C=O) groups excluding carboxylic acids is 2. The smallest absolute Gasteiger partial charge is 0.283 e. The van der Waals surface area contributed by atoms with Gasteiger partial charge in [0.05, 0.1) is 5.69 Å². The zero-order valence-electron chi connectivity index (χ0n) is 17.6. The Morgan fingerprint density at radius 1 is 1.16 bits per heavy atom. The minimum absolute atomic E-state index is 0.0959. The molecule has 6 nitrogen and oxygen atoms in total. The Bertz CT molecular complexity index is 990. The van der Waals surface area contributed by atoms with Crippen molar-refractivity contribution in [1.82, 2.24) is 4.90 Å². The predicted molar refractivity (Wildman–Crippen MR) is 131 cm³/mol. The molecule has 0 aliphatic heterocycles. The van der Waals surface area contributed by atoms with E-state index < -0.39 is 11.8 Å². The highest BCUT2D eigenvalue weighted by atomic mass is 35.5. The standard InChI is InChI=1S/C23H25ClN4O2S/c1-5-28(14-16-7-9-17(24)10-8-16)15-19(22(29)26-4)23(30)27-18-11-12-20(25-3)21(13-18)31-6-2/h7-13,15H,3-6,14H2,1-2H3,(H,27,30)/b19-15+. The van der Waals surface area contributed by atoms with Gasteiger partial charge in [0.1, 0.15) is 5.57 Å². The lowest BCUT2D eigenvalue weighted by molar-refractivity contribution is -0.119. The fourth-order valence-corrected chi connectivity index (χ4v) is 3.67. The Kier molecular flexibility index (Phi) is 9.49. The van der Waals surface area contributed by atoms with Crippen LogP contribution in [0.25, 0.3) is 0 Å². The molecule has 31 heavy (non-hydrogen) atoms. The Hall–Kier alpha value is -2.90. The van der Waals surface area contributed by atoms with Crippen LogP contribution in [-0.2, 0) is 16.1 Å². The Morgan fingerprint density at radius 3 is 2.45 bits per heavy atom. The molecular weight excluding hydrogens is 432 g/mol. The van der Waals surface area contributed by atoms with Crippen molar-refractivity contribution in [3.05, 3.63) is 64.8 Å². The van der Waals surface area contributed by atoms with E-state index in [1.807, 2.05) is 36.9 Å². The van der Waals surface area contributed by atoms with Gasteiger partial charge in [0.15, 0.2) is 0 Å². The summed E-state index contributed by atoms with van der Waals surface area (Å²) in [5.74, 6) is -0.404. The van der Waals surface area contributed by atoms with Crippen molar-refractivity contribution in [3.8, 4) is 0 Å². The summed E-state index contributed by atoms with van der Waals surface area (Å²) in [4.78, 5) is 35.4. The molecule has 8 heteroatoms. The number of benzene rings is 2. The third-order valence-electron chi connectivity index (χ3n) is 4.32. The molecule has 2 aromatic rings. The number of hydrogen-bond donors (Lipinski definition) is 1. The van der Waals surface area contributed by atoms with E-state index in [1.54, 1.807) is 36.0 Å². The number of thioether (sulfide) groups is 1. The number of carbonyl (C=O) groups is 2. The van der Waals surface area contributed by atoms with Gasteiger partial charge in [-0.1, -0.05) is 30.7 Å². The van der Waals surface area contributed by atoms with Crippen LogP contribution < -0.4 is 5.32 Å². The van der Waals surface area contributed by atoms with Gasteiger partial charge in [-0.2, -0.15) is 0 Å². The summed E-state index contributed by atoms with van der Waals surface area (Å²) in [7, 11) is 0. The van der Waals surface area contributed by atoms with Crippen molar-refractivity contribution in [1.29, 1.82) is 0 Å². The number of hydrogen-bond acceptors (Lipinski definition) is 5. The summed E-state index contributed by atoms with van der Waals surface area (Å²) >= 11 is 7.53. The van der Waals surface area contributed by atoms with E-state index in [0.717, 1.165) is 21.9 Å². The molecule has 2 amide bonds. The van der Waals surface area contributed by atoms with Gasteiger partial charge in [0, 0.05) is 34.9 Å². The van der Waals surface area contributed by atoms with Crippen molar-refractivity contribution in [2.75, 3.05) is 17.6 Å². The van der Waals surface area contributed by atoms with Crippen LogP contribution in [0.2, 0.25) is 5.02 Å². The Labute approximate surface area is 192 Å². The molecule has 1 N–H and O–H groups in total. The number of amides is 2. The quantitative estimate of drug-likeness (QED) is 0.172. The van der Waals surface area contributed by atoms with Gasteiger partial charge in [-0.3, -0.25) is 14.6 Å². The van der Waals surface area contributed by atoms with Crippen molar-refractivity contribution in [3.63, 3.8) is 0 Å². The highest BCUT2D eigenvalue weighted by molar-refractivity contribution is 7.99. The summed E-state index contributed by atoms with van der Waals surface area (Å²) in [5, 5.41) is 3.42. The average Bonchev–Trinajstić information content (AvgIpc) is 2.77. The highest BCUT2D eigenvalue weighted by Crippen LogP contribution is 2.32. The van der Waals surface area contributed by atoms with Gasteiger partial charge in [-0.25, -0.2) is 4.99 Å². The molecule has 0 saturated heterocycles. The first-order chi connectivity index (χ1) is 14.9. The zero-order chi connectivity index (χ0) is 22.8. The number of rotatable bonds is 10. The molecule has 2 aromatic carbocycles. The van der Waals surface area contributed by atoms with Gasteiger partial charge in [-0.15, -0.1) is 11.8 Å². The van der Waals surface area contributed by atoms with Crippen LogP contribution in [0.15, 0.2) is 69.1 Å². The molecular formula is C23H25ClN4O2S. The van der Waals surface area contributed by atoms with Crippen LogP contribution >= 0.6 is 23.4 Å². The van der Waals surface area contributed by atoms with Crippen molar-refractivity contribution in [2.45, 2.75) is 25.3 Å². The number of halogens is 1. The molecule has 2 rings (SSSR count). The van der Waals surface area contributed by atoms with Gasteiger partial charge in [0.25, 0.3) is 11.8 Å². The topological polar surface area (TPSA) is 74.1 Å². The normalized spacial score (nSPS) is 11.0. The fourth-order valence-electron chi connectivity index (χ4n) is 2.74. The van der Waals surface area contributed by atoms with Crippen LogP contribution in [0.3, 0.4) is 0 Å². The van der Waals surface area contributed by atoms with E-state index in [4.69, 9.17) is 11.6 Å². The molecule has 0 heterocycles. The number of nitrogens with one attached hydrogen (secondary N) is 1. The molecule has 0 radical (unpaired) electrons. The molecule has 0 aromatic heterocycles. The third-order valence-corrected chi connectivity index (χ3v) is 5.50. The van der Waals surface area contributed by atoms with Crippen molar-refractivity contribution < 1.29 is 9.59 Å². The van der Waals surface area contributed by atoms with Gasteiger partial charge < -0.3 is 10.2 Å². The van der Waals surface area contributed by atoms with Crippen LogP contribution in [-0.4, -0.2) is 42.4 Å². The lowest BCUT2D eigenvalue weighted by Gasteiger charge is -2.20. The summed E-state index contributed by atoms with van der Waals surface area (Å²) in [5.41, 5.74) is 2.19. The van der Waals surface area contributed by atoms with E-state index in [0.29, 0.717) is 23.8 Å². The fraction of sp³-hybridized carbons (Fsp3) is 0.217. The average molecular weight is 457 g/mol. The predicted octanol–water partition coefficient (Wildman–Crippen LogP) is 5.36. The van der Waals surface area contributed by atoms with Crippen molar-refractivity contribution >= 4 is 60.0 Å².